The van der Waals surface area contributed by atoms with Gasteiger partial charge in [0, 0.05) is 29.6 Å². The summed E-state index contributed by atoms with van der Waals surface area (Å²) in [5, 5.41) is 0.119. The van der Waals surface area contributed by atoms with E-state index in [0.29, 0.717) is 5.56 Å². The molecular formula is C11H6ClFN. The Hall–Kier alpha value is -1.41. The van der Waals surface area contributed by atoms with Crippen LogP contribution in [0.15, 0.2) is 36.7 Å². The van der Waals surface area contributed by atoms with Crippen molar-refractivity contribution in [3.63, 3.8) is 0 Å². The molecule has 1 aromatic carbocycles. The van der Waals surface area contributed by atoms with Gasteiger partial charge in [0.2, 0.25) is 0 Å². The van der Waals surface area contributed by atoms with Crippen molar-refractivity contribution < 1.29 is 4.39 Å². The largest absolute Gasteiger partial charge is 0.263 e. The molecule has 14 heavy (non-hydrogen) atoms. The zero-order valence-electron chi connectivity index (χ0n) is 7.17. The molecule has 0 aliphatic rings. The molecule has 1 nitrogen and oxygen atoms in total. The van der Waals surface area contributed by atoms with Gasteiger partial charge in [0.05, 0.1) is 5.02 Å². The van der Waals surface area contributed by atoms with Gasteiger partial charge in [0.1, 0.15) is 5.82 Å². The minimum Gasteiger partial charge on any atom is -0.263 e. The fourth-order valence-corrected chi connectivity index (χ4v) is 1.43. The molecule has 0 saturated heterocycles. The van der Waals surface area contributed by atoms with Gasteiger partial charge in [-0.1, -0.05) is 23.7 Å². The Balaban J connectivity index is 2.58. The lowest BCUT2D eigenvalue weighted by Gasteiger charge is -2.03. The number of pyridine rings is 1. The van der Waals surface area contributed by atoms with Gasteiger partial charge < -0.3 is 0 Å². The van der Waals surface area contributed by atoms with E-state index in [1.165, 1.54) is 12.3 Å². The predicted octanol–water partition coefficient (Wildman–Crippen LogP) is 3.34. The number of hydrogen-bond donors (Lipinski definition) is 0. The minimum atomic E-state index is -0.423. The average Bonchev–Trinajstić information content (AvgIpc) is 2.23. The van der Waals surface area contributed by atoms with E-state index in [2.05, 4.69) is 11.1 Å². The highest BCUT2D eigenvalue weighted by molar-refractivity contribution is 6.33. The van der Waals surface area contributed by atoms with E-state index in [-0.39, 0.29) is 5.02 Å². The molecule has 0 unspecified atom stereocenters. The lowest BCUT2D eigenvalue weighted by atomic mass is 10.1. The Morgan fingerprint density at radius 3 is 2.93 bits per heavy atom. The van der Waals surface area contributed by atoms with Crippen molar-refractivity contribution in [2.45, 2.75) is 0 Å². The van der Waals surface area contributed by atoms with Crippen LogP contribution >= 0.6 is 11.6 Å². The van der Waals surface area contributed by atoms with Crippen molar-refractivity contribution in [2.24, 2.45) is 0 Å². The third-order valence-corrected chi connectivity index (χ3v) is 2.25. The zero-order chi connectivity index (χ0) is 9.97. The van der Waals surface area contributed by atoms with Crippen LogP contribution in [0.1, 0.15) is 0 Å². The van der Waals surface area contributed by atoms with E-state index in [9.17, 15) is 4.39 Å². The van der Waals surface area contributed by atoms with Crippen LogP contribution in [0.3, 0.4) is 0 Å². The van der Waals surface area contributed by atoms with Gasteiger partial charge in [-0.25, -0.2) is 4.39 Å². The van der Waals surface area contributed by atoms with Crippen molar-refractivity contribution >= 4 is 11.6 Å². The molecule has 2 rings (SSSR count). The van der Waals surface area contributed by atoms with Crippen molar-refractivity contribution in [3.8, 4) is 11.1 Å². The molecule has 0 aliphatic carbocycles. The summed E-state index contributed by atoms with van der Waals surface area (Å²) >= 11 is 5.81. The molecule has 0 N–H and O–H groups in total. The molecule has 2 aromatic rings. The van der Waals surface area contributed by atoms with E-state index in [1.54, 1.807) is 24.4 Å². The SMILES string of the molecule is Fc1cccc(-c2c[c]cnc2)c1Cl. The molecule has 0 spiro atoms. The summed E-state index contributed by atoms with van der Waals surface area (Å²) in [6, 6.07) is 9.22. The number of hydrogen-bond acceptors (Lipinski definition) is 1. The fourth-order valence-electron chi connectivity index (χ4n) is 1.20. The summed E-state index contributed by atoms with van der Waals surface area (Å²) in [6.45, 7) is 0. The molecule has 0 fully saturated rings. The minimum absolute atomic E-state index is 0.119. The second-order valence-electron chi connectivity index (χ2n) is 2.77. The summed E-state index contributed by atoms with van der Waals surface area (Å²) in [6.07, 6.45) is 3.16. The van der Waals surface area contributed by atoms with Gasteiger partial charge in [-0.15, -0.1) is 0 Å². The first kappa shape index (κ1) is 9.16. The number of benzene rings is 1. The number of halogens is 2. The molecule has 0 bridgehead atoms. The second kappa shape index (κ2) is 3.76. The first-order chi connectivity index (χ1) is 6.79. The van der Waals surface area contributed by atoms with Crippen LogP contribution in [0.2, 0.25) is 5.02 Å². The Kier molecular flexibility index (Phi) is 2.46. The van der Waals surface area contributed by atoms with Crippen LogP contribution in [0.5, 0.6) is 0 Å². The summed E-state index contributed by atoms with van der Waals surface area (Å²) in [5.74, 6) is -0.423. The van der Waals surface area contributed by atoms with Crippen LogP contribution in [0, 0.1) is 11.9 Å². The monoisotopic (exact) mass is 206 g/mol. The first-order valence-electron chi connectivity index (χ1n) is 4.04. The van der Waals surface area contributed by atoms with Crippen LogP contribution in [0.25, 0.3) is 11.1 Å². The zero-order valence-corrected chi connectivity index (χ0v) is 7.92. The van der Waals surface area contributed by atoms with Crippen molar-refractivity contribution in [3.05, 3.63) is 53.6 Å². The van der Waals surface area contributed by atoms with E-state index >= 15 is 0 Å². The highest BCUT2D eigenvalue weighted by Crippen LogP contribution is 2.28. The predicted molar refractivity (Wildman–Crippen MR) is 53.5 cm³/mol. The summed E-state index contributed by atoms with van der Waals surface area (Å²) in [5.41, 5.74) is 1.40. The Morgan fingerprint density at radius 2 is 2.21 bits per heavy atom. The normalized spacial score (nSPS) is 10.1. The quantitative estimate of drug-likeness (QED) is 0.698. The van der Waals surface area contributed by atoms with Crippen LogP contribution in [-0.2, 0) is 0 Å². The third-order valence-electron chi connectivity index (χ3n) is 1.86. The van der Waals surface area contributed by atoms with Gasteiger partial charge in [-0.05, 0) is 12.1 Å². The summed E-state index contributed by atoms with van der Waals surface area (Å²) in [7, 11) is 0. The van der Waals surface area contributed by atoms with E-state index in [1.807, 2.05) is 0 Å². The molecule has 69 valence electrons. The smallest absolute Gasteiger partial charge is 0.142 e. The standard InChI is InChI=1S/C11H6ClFN/c12-11-9(4-1-5-10(11)13)8-3-2-6-14-7-8/h1,3-7H. The number of aromatic nitrogens is 1. The lowest BCUT2D eigenvalue weighted by Crippen LogP contribution is -1.84. The maximum Gasteiger partial charge on any atom is 0.142 e. The maximum absolute atomic E-state index is 13.1. The summed E-state index contributed by atoms with van der Waals surface area (Å²) in [4.78, 5) is 3.90. The van der Waals surface area contributed by atoms with Gasteiger partial charge >= 0.3 is 0 Å². The van der Waals surface area contributed by atoms with Crippen LogP contribution in [-0.4, -0.2) is 4.98 Å². The highest BCUT2D eigenvalue weighted by Gasteiger charge is 2.06. The first-order valence-corrected chi connectivity index (χ1v) is 4.42. The van der Waals surface area contributed by atoms with Crippen molar-refractivity contribution in [1.82, 2.24) is 4.98 Å². The topological polar surface area (TPSA) is 12.9 Å². The highest BCUT2D eigenvalue weighted by atomic mass is 35.5. The molecule has 0 aliphatic heterocycles. The molecular weight excluding hydrogens is 201 g/mol. The van der Waals surface area contributed by atoms with Crippen LogP contribution in [0.4, 0.5) is 4.39 Å². The fraction of sp³-hybridized carbons (Fsp3) is 0. The van der Waals surface area contributed by atoms with E-state index < -0.39 is 5.82 Å². The van der Waals surface area contributed by atoms with Crippen LogP contribution < -0.4 is 0 Å². The van der Waals surface area contributed by atoms with Gasteiger partial charge in [0.15, 0.2) is 0 Å². The van der Waals surface area contributed by atoms with E-state index in [0.717, 1.165) is 5.56 Å². The number of rotatable bonds is 1. The van der Waals surface area contributed by atoms with E-state index in [4.69, 9.17) is 11.6 Å². The van der Waals surface area contributed by atoms with Gasteiger partial charge in [-0.3, -0.25) is 4.98 Å². The maximum atomic E-state index is 13.1. The molecule has 1 heterocycles. The van der Waals surface area contributed by atoms with Gasteiger partial charge in [0.25, 0.3) is 0 Å². The average molecular weight is 207 g/mol. The Labute approximate surface area is 86.2 Å². The Bertz CT molecular complexity index is 442. The molecule has 0 saturated carbocycles. The van der Waals surface area contributed by atoms with Crippen molar-refractivity contribution in [2.75, 3.05) is 0 Å². The lowest BCUT2D eigenvalue weighted by molar-refractivity contribution is 0.629. The second-order valence-corrected chi connectivity index (χ2v) is 3.15. The van der Waals surface area contributed by atoms with Gasteiger partial charge in [-0.2, -0.15) is 0 Å². The molecule has 3 heteroatoms. The molecule has 0 amide bonds. The Morgan fingerprint density at radius 1 is 1.36 bits per heavy atom. The number of nitrogens with zero attached hydrogens (tertiary/aromatic N) is 1. The summed E-state index contributed by atoms with van der Waals surface area (Å²) < 4.78 is 13.1. The van der Waals surface area contributed by atoms with Crippen molar-refractivity contribution in [1.29, 1.82) is 0 Å². The molecule has 0 atom stereocenters. The third kappa shape index (κ3) is 1.61. The molecule has 1 radical (unpaired) electrons. The molecule has 1 aromatic heterocycles.